The van der Waals surface area contributed by atoms with Crippen molar-refractivity contribution in [2.24, 2.45) is 0 Å². The van der Waals surface area contributed by atoms with Crippen molar-refractivity contribution in [1.82, 2.24) is 5.32 Å². The van der Waals surface area contributed by atoms with Gasteiger partial charge in [0.25, 0.3) is 0 Å². The number of carbonyl (C=O) groups excluding carboxylic acids is 1. The molecule has 1 amide bonds. The topological polar surface area (TPSA) is 67.6 Å². The number of carbonyl (C=O) groups is 1. The van der Waals surface area contributed by atoms with Crippen molar-refractivity contribution < 1.29 is 9.53 Å². The molecule has 0 saturated carbocycles. The first kappa shape index (κ1) is 14.5. The molecule has 0 fully saturated rings. The Morgan fingerprint density at radius 1 is 1.55 bits per heavy atom. The maximum atomic E-state index is 12.0. The summed E-state index contributed by atoms with van der Waals surface area (Å²) in [5.41, 5.74) is 7.50. The zero-order chi connectivity index (χ0) is 14.5. The summed E-state index contributed by atoms with van der Waals surface area (Å²) in [6, 6.07) is 5.59. The fourth-order valence-electron chi connectivity index (χ4n) is 2.41. The zero-order valence-electron chi connectivity index (χ0n) is 12.2. The number of anilines is 2. The number of para-hydroxylation sites is 1. The van der Waals surface area contributed by atoms with Crippen molar-refractivity contribution in [2.75, 3.05) is 30.3 Å². The van der Waals surface area contributed by atoms with Crippen molar-refractivity contribution >= 4 is 17.3 Å². The van der Waals surface area contributed by atoms with Crippen molar-refractivity contribution in [3.63, 3.8) is 0 Å². The average molecular weight is 277 g/mol. The number of ether oxygens (including phenoxy) is 1. The molecular formula is C15H23N3O2. The third-order valence-corrected chi connectivity index (χ3v) is 3.34. The van der Waals surface area contributed by atoms with Gasteiger partial charge in [-0.25, -0.2) is 0 Å². The van der Waals surface area contributed by atoms with Crippen LogP contribution in [0.3, 0.4) is 0 Å². The Labute approximate surface area is 120 Å². The Morgan fingerprint density at radius 2 is 2.35 bits per heavy atom. The molecule has 0 aliphatic carbocycles. The molecule has 20 heavy (non-hydrogen) atoms. The lowest BCUT2D eigenvalue weighted by Crippen LogP contribution is -2.44. The van der Waals surface area contributed by atoms with Crippen LogP contribution in [0.15, 0.2) is 18.2 Å². The van der Waals surface area contributed by atoms with Gasteiger partial charge in [-0.15, -0.1) is 0 Å². The van der Waals surface area contributed by atoms with Crippen LogP contribution in [0.25, 0.3) is 0 Å². The third-order valence-electron chi connectivity index (χ3n) is 3.34. The summed E-state index contributed by atoms with van der Waals surface area (Å²) in [4.78, 5) is 14.0. The Hall–Kier alpha value is -1.91. The van der Waals surface area contributed by atoms with E-state index in [4.69, 9.17) is 10.5 Å². The number of nitrogens with zero attached hydrogens (tertiary/aromatic N) is 1. The lowest BCUT2D eigenvalue weighted by atomic mass is 10.1. The highest BCUT2D eigenvalue weighted by molar-refractivity contribution is 5.85. The molecule has 1 aromatic rings. The van der Waals surface area contributed by atoms with Gasteiger partial charge in [-0.2, -0.15) is 0 Å². The first-order chi connectivity index (χ1) is 9.61. The van der Waals surface area contributed by atoms with Gasteiger partial charge in [0.2, 0.25) is 5.91 Å². The predicted octanol–water partition coefficient (Wildman–Crippen LogP) is 1.77. The maximum Gasteiger partial charge on any atom is 0.239 e. The number of nitrogens with one attached hydrogen (secondary N) is 1. The molecule has 1 aliphatic rings. The summed E-state index contributed by atoms with van der Waals surface area (Å²) < 4.78 is 5.77. The number of nitrogen functional groups attached to an aromatic ring is 1. The van der Waals surface area contributed by atoms with Gasteiger partial charge in [-0.1, -0.05) is 19.4 Å². The van der Waals surface area contributed by atoms with Crippen molar-refractivity contribution in [3.05, 3.63) is 18.2 Å². The van der Waals surface area contributed by atoms with Gasteiger partial charge in [0.15, 0.2) is 0 Å². The number of benzene rings is 1. The number of rotatable bonds is 5. The SMILES string of the molecule is CCCCNC(=O)CN1CC(C)Oc2cccc(N)c21. The van der Waals surface area contributed by atoms with E-state index in [1.54, 1.807) is 0 Å². The summed E-state index contributed by atoms with van der Waals surface area (Å²) >= 11 is 0. The number of unbranched alkanes of at least 4 members (excludes halogenated alkanes) is 1. The first-order valence-electron chi connectivity index (χ1n) is 7.18. The van der Waals surface area contributed by atoms with Gasteiger partial charge in [0.1, 0.15) is 17.5 Å². The lowest BCUT2D eigenvalue weighted by molar-refractivity contribution is -0.119. The molecule has 1 heterocycles. The van der Waals surface area contributed by atoms with E-state index in [2.05, 4.69) is 12.2 Å². The standard InChI is InChI=1S/C15H23N3O2/c1-3-4-8-17-14(19)10-18-9-11(2)20-13-7-5-6-12(16)15(13)18/h5-7,11H,3-4,8-10,16H2,1-2H3,(H,17,19). The van der Waals surface area contributed by atoms with E-state index in [1.807, 2.05) is 30.0 Å². The molecule has 0 saturated heterocycles. The number of amides is 1. The molecule has 1 atom stereocenters. The minimum atomic E-state index is 0.0294. The molecule has 2 rings (SSSR count). The summed E-state index contributed by atoms with van der Waals surface area (Å²) in [5, 5.41) is 2.93. The van der Waals surface area contributed by atoms with Crippen LogP contribution in [0.4, 0.5) is 11.4 Å². The molecule has 1 aliphatic heterocycles. The van der Waals surface area contributed by atoms with Crippen LogP contribution >= 0.6 is 0 Å². The van der Waals surface area contributed by atoms with E-state index in [1.165, 1.54) is 0 Å². The fraction of sp³-hybridized carbons (Fsp3) is 0.533. The van der Waals surface area contributed by atoms with Crippen molar-refractivity contribution in [2.45, 2.75) is 32.8 Å². The minimum Gasteiger partial charge on any atom is -0.487 e. The second kappa shape index (κ2) is 6.50. The van der Waals surface area contributed by atoms with Crippen LogP contribution in [0, 0.1) is 0 Å². The van der Waals surface area contributed by atoms with Gasteiger partial charge < -0.3 is 20.7 Å². The van der Waals surface area contributed by atoms with E-state index >= 15 is 0 Å². The molecule has 5 heteroatoms. The van der Waals surface area contributed by atoms with Crippen LogP contribution in [0.2, 0.25) is 0 Å². The zero-order valence-corrected chi connectivity index (χ0v) is 12.2. The summed E-state index contributed by atoms with van der Waals surface area (Å²) in [6.07, 6.45) is 2.13. The Morgan fingerprint density at radius 3 is 3.10 bits per heavy atom. The summed E-state index contributed by atoms with van der Waals surface area (Å²) in [5.74, 6) is 0.784. The highest BCUT2D eigenvalue weighted by Crippen LogP contribution is 2.37. The number of hydrogen-bond donors (Lipinski definition) is 2. The van der Waals surface area contributed by atoms with Crippen molar-refractivity contribution in [1.29, 1.82) is 0 Å². The van der Waals surface area contributed by atoms with Gasteiger partial charge in [-0.05, 0) is 25.5 Å². The van der Waals surface area contributed by atoms with Crippen LogP contribution in [0.5, 0.6) is 5.75 Å². The predicted molar refractivity (Wildman–Crippen MR) is 81.1 cm³/mol. The van der Waals surface area contributed by atoms with Crippen LogP contribution < -0.4 is 20.7 Å². The third kappa shape index (κ3) is 3.35. The first-order valence-corrected chi connectivity index (χ1v) is 7.18. The van der Waals surface area contributed by atoms with E-state index in [0.717, 1.165) is 30.8 Å². The van der Waals surface area contributed by atoms with Crippen LogP contribution in [0.1, 0.15) is 26.7 Å². The quantitative estimate of drug-likeness (QED) is 0.636. The Kier molecular flexibility index (Phi) is 4.71. The fourth-order valence-corrected chi connectivity index (χ4v) is 2.41. The smallest absolute Gasteiger partial charge is 0.239 e. The number of hydrogen-bond acceptors (Lipinski definition) is 4. The number of fused-ring (bicyclic) bond motifs is 1. The average Bonchev–Trinajstić information content (AvgIpc) is 2.38. The van der Waals surface area contributed by atoms with E-state index in [-0.39, 0.29) is 12.0 Å². The molecule has 1 unspecified atom stereocenters. The normalized spacial score (nSPS) is 17.3. The number of nitrogens with two attached hydrogens (primary N) is 1. The molecule has 0 aromatic heterocycles. The van der Waals surface area contributed by atoms with E-state index < -0.39 is 0 Å². The van der Waals surface area contributed by atoms with Crippen LogP contribution in [-0.4, -0.2) is 31.6 Å². The molecular weight excluding hydrogens is 254 g/mol. The molecule has 5 nitrogen and oxygen atoms in total. The highest BCUT2D eigenvalue weighted by Gasteiger charge is 2.26. The molecule has 110 valence electrons. The van der Waals surface area contributed by atoms with Gasteiger partial charge in [0.05, 0.1) is 18.8 Å². The van der Waals surface area contributed by atoms with Crippen molar-refractivity contribution in [3.8, 4) is 5.75 Å². The van der Waals surface area contributed by atoms with E-state index in [9.17, 15) is 4.79 Å². The van der Waals surface area contributed by atoms with Gasteiger partial charge in [0, 0.05) is 6.54 Å². The maximum absolute atomic E-state index is 12.0. The second-order valence-corrected chi connectivity index (χ2v) is 5.21. The summed E-state index contributed by atoms with van der Waals surface area (Å²) in [6.45, 7) is 5.81. The minimum absolute atomic E-state index is 0.0294. The monoisotopic (exact) mass is 277 g/mol. The van der Waals surface area contributed by atoms with Gasteiger partial charge >= 0.3 is 0 Å². The molecule has 0 spiro atoms. The Bertz CT molecular complexity index is 476. The second-order valence-electron chi connectivity index (χ2n) is 5.21. The largest absolute Gasteiger partial charge is 0.487 e. The Balaban J connectivity index is 2.07. The van der Waals surface area contributed by atoms with Crippen LogP contribution in [-0.2, 0) is 4.79 Å². The highest BCUT2D eigenvalue weighted by atomic mass is 16.5. The van der Waals surface area contributed by atoms with Gasteiger partial charge in [-0.3, -0.25) is 4.79 Å². The van der Waals surface area contributed by atoms with E-state index in [0.29, 0.717) is 18.8 Å². The molecule has 0 radical (unpaired) electrons. The molecule has 3 N–H and O–H groups in total. The summed E-state index contributed by atoms with van der Waals surface area (Å²) in [7, 11) is 0. The molecule has 0 bridgehead atoms. The molecule has 1 aromatic carbocycles. The lowest BCUT2D eigenvalue weighted by Gasteiger charge is -2.35.